The summed E-state index contributed by atoms with van der Waals surface area (Å²) in [4.78, 5) is 19.6. The molecule has 1 fully saturated rings. The van der Waals surface area contributed by atoms with Crippen LogP contribution in [0.3, 0.4) is 0 Å². The average Bonchev–Trinajstić information content (AvgIpc) is 3.01. The molecule has 112 valence electrons. The molecule has 0 spiro atoms. The molecule has 0 saturated carbocycles. The number of nitrogens with zero attached hydrogens (tertiary/aromatic N) is 7. The van der Waals surface area contributed by atoms with Crippen LogP contribution < -0.4 is 10.2 Å². The molecule has 2 aromatic heterocycles. The van der Waals surface area contributed by atoms with Gasteiger partial charge in [0.15, 0.2) is 0 Å². The number of anilines is 2. The summed E-state index contributed by atoms with van der Waals surface area (Å²) in [6.45, 7) is 6.88. The molecule has 0 bridgehead atoms. The highest BCUT2D eigenvalue weighted by molar-refractivity contribution is 8.00. The molecule has 2 aromatic rings. The maximum Gasteiger partial charge on any atom is 0.258 e. The quantitative estimate of drug-likeness (QED) is 0.889. The highest BCUT2D eigenvalue weighted by atomic mass is 32.2. The molecule has 3 rings (SSSR count). The van der Waals surface area contributed by atoms with E-state index in [0.29, 0.717) is 23.1 Å². The molecule has 8 nitrogen and oxygen atoms in total. The Kier molecular flexibility index (Phi) is 4.18. The van der Waals surface area contributed by atoms with E-state index in [0.717, 1.165) is 25.4 Å². The predicted octanol–water partition coefficient (Wildman–Crippen LogP) is 0.826. The second-order valence-corrected chi connectivity index (χ2v) is 6.30. The van der Waals surface area contributed by atoms with Gasteiger partial charge in [0, 0.05) is 30.6 Å². The summed E-state index contributed by atoms with van der Waals surface area (Å²) >= 11 is 1.98. The Hall–Kier alpha value is -1.90. The zero-order valence-electron chi connectivity index (χ0n) is 12.1. The molecule has 0 aliphatic carbocycles. The first-order valence-electron chi connectivity index (χ1n) is 6.97. The monoisotopic (exact) mass is 306 g/mol. The Morgan fingerprint density at radius 2 is 2.19 bits per heavy atom. The highest BCUT2D eigenvalue weighted by Crippen LogP contribution is 2.22. The van der Waals surface area contributed by atoms with Crippen LogP contribution in [0.2, 0.25) is 0 Å². The zero-order valence-corrected chi connectivity index (χ0v) is 12.9. The van der Waals surface area contributed by atoms with Crippen molar-refractivity contribution in [2.45, 2.75) is 19.1 Å². The molecule has 1 atom stereocenters. The first-order chi connectivity index (χ1) is 10.3. The summed E-state index contributed by atoms with van der Waals surface area (Å²) in [5.74, 6) is 2.83. The fraction of sp³-hybridized carbons (Fsp3) is 0.583. The molecule has 1 aliphatic heterocycles. The summed E-state index contributed by atoms with van der Waals surface area (Å²) in [6, 6.07) is 0. The number of nitrogens with one attached hydrogen (secondary N) is 1. The van der Waals surface area contributed by atoms with Crippen molar-refractivity contribution in [3.8, 4) is 5.95 Å². The normalized spacial score (nSPS) is 18.8. The molecular formula is C12H18N8S. The smallest absolute Gasteiger partial charge is 0.258 e. The van der Waals surface area contributed by atoms with Gasteiger partial charge in [-0.15, -0.1) is 0 Å². The van der Waals surface area contributed by atoms with Crippen LogP contribution in [0.15, 0.2) is 12.7 Å². The molecule has 1 N–H and O–H groups in total. The minimum atomic E-state index is 0.485. The van der Waals surface area contributed by atoms with Crippen molar-refractivity contribution in [2.75, 3.05) is 35.6 Å². The van der Waals surface area contributed by atoms with E-state index in [1.165, 1.54) is 6.33 Å². The molecule has 0 amide bonds. The van der Waals surface area contributed by atoms with E-state index in [1.807, 2.05) is 18.7 Å². The molecular weight excluding hydrogens is 288 g/mol. The van der Waals surface area contributed by atoms with Gasteiger partial charge in [-0.25, -0.2) is 4.98 Å². The lowest BCUT2D eigenvalue weighted by Crippen LogP contribution is -2.38. The van der Waals surface area contributed by atoms with E-state index in [-0.39, 0.29) is 0 Å². The van der Waals surface area contributed by atoms with E-state index in [1.54, 1.807) is 11.0 Å². The van der Waals surface area contributed by atoms with Crippen LogP contribution in [-0.4, -0.2) is 60.4 Å². The Morgan fingerprint density at radius 3 is 2.90 bits per heavy atom. The molecule has 0 aromatic carbocycles. The molecule has 1 aliphatic rings. The maximum atomic E-state index is 4.53. The molecule has 3 heterocycles. The second kappa shape index (κ2) is 6.25. The van der Waals surface area contributed by atoms with Crippen molar-refractivity contribution < 1.29 is 0 Å². The van der Waals surface area contributed by atoms with E-state index < -0.39 is 0 Å². The largest absolute Gasteiger partial charge is 0.354 e. The average molecular weight is 306 g/mol. The third kappa shape index (κ3) is 3.23. The fourth-order valence-electron chi connectivity index (χ4n) is 2.15. The van der Waals surface area contributed by atoms with Crippen molar-refractivity contribution in [3.05, 3.63) is 12.7 Å². The molecule has 21 heavy (non-hydrogen) atoms. The van der Waals surface area contributed by atoms with Crippen molar-refractivity contribution in [2.24, 2.45) is 0 Å². The van der Waals surface area contributed by atoms with Gasteiger partial charge in [0.2, 0.25) is 11.9 Å². The van der Waals surface area contributed by atoms with Gasteiger partial charge in [-0.3, -0.25) is 0 Å². The number of thioether (sulfide) groups is 1. The highest BCUT2D eigenvalue weighted by Gasteiger charge is 2.21. The van der Waals surface area contributed by atoms with Crippen LogP contribution in [-0.2, 0) is 0 Å². The van der Waals surface area contributed by atoms with Gasteiger partial charge in [-0.1, -0.05) is 6.92 Å². The zero-order chi connectivity index (χ0) is 14.7. The molecule has 1 unspecified atom stereocenters. The van der Waals surface area contributed by atoms with Crippen LogP contribution >= 0.6 is 11.8 Å². The molecule has 0 radical (unpaired) electrons. The summed E-state index contributed by atoms with van der Waals surface area (Å²) in [5, 5.41) is 7.81. The van der Waals surface area contributed by atoms with Gasteiger partial charge in [-0.05, 0) is 6.92 Å². The van der Waals surface area contributed by atoms with E-state index >= 15 is 0 Å². The standard InChI is InChI=1S/C12H18N8S/c1-3-14-10-16-11(19-4-5-21-9(2)6-19)18-12(17-10)20-8-13-7-15-20/h7-9H,3-6H2,1-2H3,(H,14,16,17,18). The van der Waals surface area contributed by atoms with Crippen LogP contribution in [0.5, 0.6) is 0 Å². The van der Waals surface area contributed by atoms with Gasteiger partial charge in [0.05, 0.1) is 0 Å². The lowest BCUT2D eigenvalue weighted by molar-refractivity contribution is 0.730. The summed E-state index contributed by atoms with van der Waals surface area (Å²) in [7, 11) is 0. The summed E-state index contributed by atoms with van der Waals surface area (Å²) < 4.78 is 1.55. The first kappa shape index (κ1) is 14.1. The van der Waals surface area contributed by atoms with Crippen LogP contribution in [0.4, 0.5) is 11.9 Å². The number of aromatic nitrogens is 6. The Morgan fingerprint density at radius 1 is 1.33 bits per heavy atom. The van der Waals surface area contributed by atoms with E-state index in [2.05, 4.69) is 42.2 Å². The minimum absolute atomic E-state index is 0.485. The maximum absolute atomic E-state index is 4.53. The van der Waals surface area contributed by atoms with Gasteiger partial charge in [0.25, 0.3) is 5.95 Å². The number of rotatable bonds is 4. The van der Waals surface area contributed by atoms with Crippen LogP contribution in [0.25, 0.3) is 5.95 Å². The number of hydrogen-bond donors (Lipinski definition) is 1. The van der Waals surface area contributed by atoms with E-state index in [9.17, 15) is 0 Å². The van der Waals surface area contributed by atoms with Crippen LogP contribution in [0, 0.1) is 0 Å². The SMILES string of the molecule is CCNc1nc(N2CCSC(C)C2)nc(-n2cncn2)n1. The second-order valence-electron chi connectivity index (χ2n) is 4.76. The summed E-state index contributed by atoms with van der Waals surface area (Å²) in [6.07, 6.45) is 3.06. The Balaban J connectivity index is 1.95. The van der Waals surface area contributed by atoms with Gasteiger partial charge >= 0.3 is 0 Å². The first-order valence-corrected chi connectivity index (χ1v) is 8.02. The Bertz CT molecular complexity index is 587. The van der Waals surface area contributed by atoms with Gasteiger partial charge in [0.1, 0.15) is 12.7 Å². The third-order valence-corrected chi connectivity index (χ3v) is 4.23. The molecule has 9 heteroatoms. The lowest BCUT2D eigenvalue weighted by Gasteiger charge is -2.30. The minimum Gasteiger partial charge on any atom is -0.354 e. The Labute approximate surface area is 127 Å². The number of hydrogen-bond acceptors (Lipinski definition) is 8. The van der Waals surface area contributed by atoms with Crippen LogP contribution in [0.1, 0.15) is 13.8 Å². The van der Waals surface area contributed by atoms with Crippen molar-refractivity contribution >= 4 is 23.7 Å². The predicted molar refractivity (Wildman–Crippen MR) is 83.0 cm³/mol. The van der Waals surface area contributed by atoms with Gasteiger partial charge < -0.3 is 10.2 Å². The fourth-order valence-corrected chi connectivity index (χ4v) is 3.16. The summed E-state index contributed by atoms with van der Waals surface area (Å²) in [5.41, 5.74) is 0. The van der Waals surface area contributed by atoms with Crippen molar-refractivity contribution in [1.29, 1.82) is 0 Å². The topological polar surface area (TPSA) is 84.7 Å². The lowest BCUT2D eigenvalue weighted by atomic mass is 10.4. The van der Waals surface area contributed by atoms with Crippen molar-refractivity contribution in [1.82, 2.24) is 29.7 Å². The molecule has 1 saturated heterocycles. The van der Waals surface area contributed by atoms with Crippen molar-refractivity contribution in [3.63, 3.8) is 0 Å². The third-order valence-electron chi connectivity index (χ3n) is 3.09. The van der Waals surface area contributed by atoms with E-state index in [4.69, 9.17) is 0 Å². The van der Waals surface area contributed by atoms with Gasteiger partial charge in [-0.2, -0.15) is 36.5 Å².